The fourth-order valence-electron chi connectivity index (χ4n) is 3.40. The lowest BCUT2D eigenvalue weighted by Crippen LogP contribution is -2.36. The van der Waals surface area contributed by atoms with E-state index in [0.717, 1.165) is 37.2 Å². The van der Waals surface area contributed by atoms with Crippen molar-refractivity contribution in [1.29, 1.82) is 0 Å². The van der Waals surface area contributed by atoms with Gasteiger partial charge in [0.1, 0.15) is 0 Å². The van der Waals surface area contributed by atoms with E-state index < -0.39 is 10.0 Å². The summed E-state index contributed by atoms with van der Waals surface area (Å²) >= 11 is 0. The highest BCUT2D eigenvalue weighted by molar-refractivity contribution is 7.92. The summed E-state index contributed by atoms with van der Waals surface area (Å²) in [5, 5.41) is 0. The van der Waals surface area contributed by atoms with Gasteiger partial charge < -0.3 is 4.90 Å². The number of benzene rings is 1. The number of carbonyl (C=O) groups is 1. The fraction of sp³-hybridized carbons (Fsp3) is 0.562. The Balaban J connectivity index is 1.93. The zero-order chi connectivity index (χ0) is 15.9. The van der Waals surface area contributed by atoms with E-state index in [0.29, 0.717) is 12.0 Å². The van der Waals surface area contributed by atoms with Crippen molar-refractivity contribution in [2.24, 2.45) is 0 Å². The van der Waals surface area contributed by atoms with Gasteiger partial charge in [0.2, 0.25) is 10.0 Å². The number of anilines is 1. The number of hydrogen-bond acceptors (Lipinski definition) is 3. The van der Waals surface area contributed by atoms with Crippen molar-refractivity contribution < 1.29 is 13.2 Å². The highest BCUT2D eigenvalue weighted by Crippen LogP contribution is 2.35. The molecule has 0 N–H and O–H groups in total. The molecule has 1 amide bonds. The molecule has 6 heteroatoms. The Labute approximate surface area is 132 Å². The predicted octanol–water partition coefficient (Wildman–Crippen LogP) is 2.02. The van der Waals surface area contributed by atoms with Crippen LogP contribution in [0.5, 0.6) is 0 Å². The van der Waals surface area contributed by atoms with Gasteiger partial charge >= 0.3 is 0 Å². The molecule has 0 bridgehead atoms. The number of likely N-dealkylation sites (tertiary alicyclic amines) is 1. The standard InChI is InChI=1S/C16H22N2O3S/c1-3-22(20,21)18-12(2)10-14-11-13(6-7-15(14)18)16(19)17-8-4-5-9-17/h6-7,11-12H,3-5,8-10H2,1-2H3/t12-/m1/s1. The van der Waals surface area contributed by atoms with Crippen LogP contribution in [-0.4, -0.2) is 44.1 Å². The smallest absolute Gasteiger partial charge is 0.253 e. The molecule has 0 unspecified atom stereocenters. The quantitative estimate of drug-likeness (QED) is 0.855. The van der Waals surface area contributed by atoms with Gasteiger partial charge in [0.15, 0.2) is 0 Å². The number of fused-ring (bicyclic) bond motifs is 1. The molecule has 22 heavy (non-hydrogen) atoms. The second-order valence-electron chi connectivity index (χ2n) is 6.09. The maximum atomic E-state index is 12.5. The van der Waals surface area contributed by atoms with Gasteiger partial charge in [0.25, 0.3) is 5.91 Å². The lowest BCUT2D eigenvalue weighted by molar-refractivity contribution is 0.0792. The molecule has 0 aliphatic carbocycles. The van der Waals surface area contributed by atoms with Gasteiger partial charge in [0, 0.05) is 24.7 Å². The maximum absolute atomic E-state index is 12.5. The predicted molar refractivity (Wildman–Crippen MR) is 86.7 cm³/mol. The molecule has 3 rings (SSSR count). The number of carbonyl (C=O) groups excluding carboxylic acids is 1. The lowest BCUT2D eigenvalue weighted by Gasteiger charge is -2.23. The van der Waals surface area contributed by atoms with Crippen molar-refractivity contribution in [2.45, 2.75) is 39.2 Å². The summed E-state index contributed by atoms with van der Waals surface area (Å²) in [6.45, 7) is 5.21. The number of hydrogen-bond donors (Lipinski definition) is 0. The zero-order valence-corrected chi connectivity index (χ0v) is 13.9. The molecule has 1 atom stereocenters. The van der Waals surface area contributed by atoms with Crippen LogP contribution < -0.4 is 4.31 Å². The Morgan fingerprint density at radius 1 is 1.27 bits per heavy atom. The van der Waals surface area contributed by atoms with E-state index >= 15 is 0 Å². The molecule has 1 saturated heterocycles. The normalized spacial score (nSPS) is 21.3. The van der Waals surface area contributed by atoms with Crippen LogP contribution in [0.1, 0.15) is 42.6 Å². The molecular formula is C16H22N2O3S. The van der Waals surface area contributed by atoms with E-state index in [4.69, 9.17) is 0 Å². The fourth-order valence-corrected chi connectivity index (χ4v) is 4.78. The molecule has 5 nitrogen and oxygen atoms in total. The largest absolute Gasteiger partial charge is 0.339 e. The van der Waals surface area contributed by atoms with Crippen LogP contribution in [0.3, 0.4) is 0 Å². The van der Waals surface area contributed by atoms with Crippen LogP contribution in [0, 0.1) is 0 Å². The van der Waals surface area contributed by atoms with Crippen LogP contribution in [0.15, 0.2) is 18.2 Å². The Hall–Kier alpha value is -1.56. The molecule has 0 radical (unpaired) electrons. The third-order valence-electron chi connectivity index (χ3n) is 4.54. The Bertz CT molecular complexity index is 693. The van der Waals surface area contributed by atoms with Gasteiger partial charge in [-0.15, -0.1) is 0 Å². The highest BCUT2D eigenvalue weighted by atomic mass is 32.2. The van der Waals surface area contributed by atoms with E-state index in [1.165, 1.54) is 4.31 Å². The summed E-state index contributed by atoms with van der Waals surface area (Å²) in [5.41, 5.74) is 2.35. The van der Waals surface area contributed by atoms with Gasteiger partial charge in [-0.25, -0.2) is 8.42 Å². The number of rotatable bonds is 3. The van der Waals surface area contributed by atoms with Gasteiger partial charge in [-0.1, -0.05) is 0 Å². The molecule has 2 heterocycles. The van der Waals surface area contributed by atoms with Gasteiger partial charge in [0.05, 0.1) is 11.4 Å². The van der Waals surface area contributed by atoms with E-state index in [-0.39, 0.29) is 17.7 Å². The van der Waals surface area contributed by atoms with Crippen molar-refractivity contribution in [3.8, 4) is 0 Å². The minimum atomic E-state index is -3.27. The van der Waals surface area contributed by atoms with Gasteiger partial charge in [-0.2, -0.15) is 0 Å². The second-order valence-corrected chi connectivity index (χ2v) is 8.23. The van der Waals surface area contributed by atoms with Crippen LogP contribution in [0.4, 0.5) is 5.69 Å². The molecule has 1 aromatic rings. The van der Waals surface area contributed by atoms with E-state index in [1.54, 1.807) is 19.1 Å². The van der Waals surface area contributed by atoms with Crippen LogP contribution in [0.25, 0.3) is 0 Å². The van der Waals surface area contributed by atoms with E-state index in [9.17, 15) is 13.2 Å². The lowest BCUT2D eigenvalue weighted by atomic mass is 10.1. The molecule has 1 fully saturated rings. The SMILES string of the molecule is CCS(=O)(=O)N1c2ccc(C(=O)N3CCCC3)cc2C[C@H]1C. The van der Waals surface area contributed by atoms with Crippen molar-refractivity contribution in [1.82, 2.24) is 4.90 Å². The van der Waals surface area contributed by atoms with Gasteiger partial charge in [-0.05, 0) is 56.9 Å². The number of sulfonamides is 1. The molecule has 2 aliphatic rings. The number of nitrogens with zero attached hydrogens (tertiary/aromatic N) is 2. The molecular weight excluding hydrogens is 300 g/mol. The molecule has 120 valence electrons. The third kappa shape index (κ3) is 2.49. The summed E-state index contributed by atoms with van der Waals surface area (Å²) in [7, 11) is -3.27. The summed E-state index contributed by atoms with van der Waals surface area (Å²) in [5.74, 6) is 0.148. The Morgan fingerprint density at radius 2 is 1.95 bits per heavy atom. The van der Waals surface area contributed by atoms with Crippen molar-refractivity contribution in [2.75, 3.05) is 23.1 Å². The van der Waals surface area contributed by atoms with Crippen molar-refractivity contribution >= 4 is 21.6 Å². The molecule has 0 saturated carbocycles. The summed E-state index contributed by atoms with van der Waals surface area (Å²) in [6.07, 6.45) is 2.79. The second kappa shape index (κ2) is 5.57. The van der Waals surface area contributed by atoms with Crippen LogP contribution in [-0.2, 0) is 16.4 Å². The average Bonchev–Trinajstić information content (AvgIpc) is 3.12. The first-order valence-electron chi connectivity index (χ1n) is 7.88. The monoisotopic (exact) mass is 322 g/mol. The van der Waals surface area contributed by atoms with Crippen molar-refractivity contribution in [3.63, 3.8) is 0 Å². The highest BCUT2D eigenvalue weighted by Gasteiger charge is 2.34. The molecule has 2 aliphatic heterocycles. The third-order valence-corrected chi connectivity index (χ3v) is 6.42. The molecule has 1 aromatic carbocycles. The Morgan fingerprint density at radius 3 is 2.59 bits per heavy atom. The first-order valence-corrected chi connectivity index (χ1v) is 9.49. The van der Waals surface area contributed by atoms with Crippen molar-refractivity contribution in [3.05, 3.63) is 29.3 Å². The average molecular weight is 322 g/mol. The Kier molecular flexibility index (Phi) is 3.89. The summed E-state index contributed by atoms with van der Waals surface area (Å²) in [6, 6.07) is 5.33. The minimum absolute atomic E-state index is 0.0600. The first-order chi connectivity index (χ1) is 10.4. The van der Waals surface area contributed by atoms with Crippen LogP contribution in [0.2, 0.25) is 0 Å². The number of amides is 1. The minimum Gasteiger partial charge on any atom is -0.339 e. The zero-order valence-electron chi connectivity index (χ0n) is 13.1. The summed E-state index contributed by atoms with van der Waals surface area (Å²) < 4.78 is 26.0. The maximum Gasteiger partial charge on any atom is 0.253 e. The first kappa shape index (κ1) is 15.3. The topological polar surface area (TPSA) is 57.7 Å². The van der Waals surface area contributed by atoms with Crippen LogP contribution >= 0.6 is 0 Å². The summed E-state index contributed by atoms with van der Waals surface area (Å²) in [4.78, 5) is 14.3. The van der Waals surface area contributed by atoms with E-state index in [1.807, 2.05) is 17.9 Å². The van der Waals surface area contributed by atoms with E-state index in [2.05, 4.69) is 0 Å². The molecule has 0 aromatic heterocycles. The molecule has 0 spiro atoms. The van der Waals surface area contributed by atoms with Gasteiger partial charge in [-0.3, -0.25) is 9.10 Å².